The summed E-state index contributed by atoms with van der Waals surface area (Å²) >= 11 is 0. The van der Waals surface area contributed by atoms with Crippen LogP contribution in [0.1, 0.15) is 45.4 Å². The molecule has 1 aromatic heterocycles. The SMILES string of the molecule is CNCC1CCCCC1Cc1ncnn1CC(C)C. The molecule has 1 saturated carbocycles. The summed E-state index contributed by atoms with van der Waals surface area (Å²) in [7, 11) is 2.06. The lowest BCUT2D eigenvalue weighted by molar-refractivity contribution is 0.226. The van der Waals surface area contributed by atoms with Crippen molar-refractivity contribution in [1.29, 1.82) is 0 Å². The summed E-state index contributed by atoms with van der Waals surface area (Å²) < 4.78 is 2.11. The molecule has 108 valence electrons. The van der Waals surface area contributed by atoms with Crippen LogP contribution in [0, 0.1) is 17.8 Å². The monoisotopic (exact) mass is 264 g/mol. The Balaban J connectivity index is 2.00. The molecule has 2 unspecified atom stereocenters. The van der Waals surface area contributed by atoms with Gasteiger partial charge in [-0.3, -0.25) is 0 Å². The third kappa shape index (κ3) is 4.03. The molecule has 0 aliphatic heterocycles. The van der Waals surface area contributed by atoms with Gasteiger partial charge < -0.3 is 5.32 Å². The summed E-state index contributed by atoms with van der Waals surface area (Å²) in [6, 6.07) is 0. The molecule has 0 spiro atoms. The van der Waals surface area contributed by atoms with E-state index in [9.17, 15) is 0 Å². The maximum atomic E-state index is 4.49. The fourth-order valence-corrected chi connectivity index (χ4v) is 3.26. The Morgan fingerprint density at radius 3 is 2.74 bits per heavy atom. The Morgan fingerprint density at radius 1 is 1.32 bits per heavy atom. The Bertz CT molecular complexity index is 370. The van der Waals surface area contributed by atoms with E-state index in [2.05, 4.69) is 41.0 Å². The molecule has 19 heavy (non-hydrogen) atoms. The summed E-state index contributed by atoms with van der Waals surface area (Å²) in [5.41, 5.74) is 0. The number of hydrogen-bond acceptors (Lipinski definition) is 3. The molecule has 1 heterocycles. The molecule has 1 fully saturated rings. The van der Waals surface area contributed by atoms with Crippen LogP contribution in [-0.4, -0.2) is 28.4 Å². The zero-order valence-electron chi connectivity index (χ0n) is 12.6. The maximum absolute atomic E-state index is 4.49. The fraction of sp³-hybridized carbons (Fsp3) is 0.867. The highest BCUT2D eigenvalue weighted by Gasteiger charge is 2.26. The highest BCUT2D eigenvalue weighted by Crippen LogP contribution is 2.31. The third-order valence-electron chi connectivity index (χ3n) is 4.21. The molecule has 0 saturated heterocycles. The molecular formula is C15H28N4. The second-order valence-corrected chi connectivity index (χ2v) is 6.32. The molecule has 1 aliphatic carbocycles. The summed E-state index contributed by atoms with van der Waals surface area (Å²) in [4.78, 5) is 4.49. The van der Waals surface area contributed by atoms with E-state index in [-0.39, 0.29) is 0 Å². The van der Waals surface area contributed by atoms with Crippen molar-refractivity contribution in [2.75, 3.05) is 13.6 Å². The molecule has 4 heteroatoms. The van der Waals surface area contributed by atoms with Crippen molar-refractivity contribution in [3.8, 4) is 0 Å². The first-order valence-corrected chi connectivity index (χ1v) is 7.72. The quantitative estimate of drug-likeness (QED) is 0.858. The summed E-state index contributed by atoms with van der Waals surface area (Å²) in [6.45, 7) is 6.59. The van der Waals surface area contributed by atoms with Gasteiger partial charge in [-0.15, -0.1) is 0 Å². The number of nitrogens with one attached hydrogen (secondary N) is 1. The predicted octanol–water partition coefficient (Wildman–Crippen LogP) is 2.50. The van der Waals surface area contributed by atoms with Gasteiger partial charge in [0, 0.05) is 13.0 Å². The van der Waals surface area contributed by atoms with Crippen molar-refractivity contribution in [2.24, 2.45) is 17.8 Å². The minimum Gasteiger partial charge on any atom is -0.319 e. The van der Waals surface area contributed by atoms with E-state index >= 15 is 0 Å². The molecule has 4 nitrogen and oxygen atoms in total. The van der Waals surface area contributed by atoms with E-state index in [1.165, 1.54) is 31.5 Å². The second-order valence-electron chi connectivity index (χ2n) is 6.32. The fourth-order valence-electron chi connectivity index (χ4n) is 3.26. The first kappa shape index (κ1) is 14.5. The molecule has 0 radical (unpaired) electrons. The van der Waals surface area contributed by atoms with Gasteiger partial charge in [-0.2, -0.15) is 5.10 Å². The number of nitrogens with zero attached hydrogens (tertiary/aromatic N) is 3. The van der Waals surface area contributed by atoms with Crippen LogP contribution in [-0.2, 0) is 13.0 Å². The van der Waals surface area contributed by atoms with E-state index in [0.29, 0.717) is 5.92 Å². The predicted molar refractivity (Wildman–Crippen MR) is 77.9 cm³/mol. The van der Waals surface area contributed by atoms with Crippen LogP contribution in [0.3, 0.4) is 0 Å². The third-order valence-corrected chi connectivity index (χ3v) is 4.21. The first-order valence-electron chi connectivity index (χ1n) is 7.72. The molecule has 2 atom stereocenters. The summed E-state index contributed by atoms with van der Waals surface area (Å²) in [5, 5.41) is 7.73. The van der Waals surface area contributed by atoms with Crippen LogP contribution in [0.4, 0.5) is 0 Å². The summed E-state index contributed by atoms with van der Waals surface area (Å²) in [6.07, 6.45) is 8.29. The van der Waals surface area contributed by atoms with E-state index < -0.39 is 0 Å². The largest absolute Gasteiger partial charge is 0.319 e. The normalized spacial score (nSPS) is 24.0. The Morgan fingerprint density at radius 2 is 2.05 bits per heavy atom. The molecule has 2 rings (SSSR count). The van der Waals surface area contributed by atoms with Crippen molar-refractivity contribution in [3.63, 3.8) is 0 Å². The molecule has 1 N–H and O–H groups in total. The van der Waals surface area contributed by atoms with Crippen molar-refractivity contribution >= 4 is 0 Å². The zero-order chi connectivity index (χ0) is 13.7. The van der Waals surface area contributed by atoms with Crippen LogP contribution in [0.15, 0.2) is 6.33 Å². The molecular weight excluding hydrogens is 236 g/mol. The van der Waals surface area contributed by atoms with Crippen LogP contribution in [0.25, 0.3) is 0 Å². The van der Waals surface area contributed by atoms with Gasteiger partial charge >= 0.3 is 0 Å². The average molecular weight is 264 g/mol. The highest BCUT2D eigenvalue weighted by molar-refractivity contribution is 4.91. The van der Waals surface area contributed by atoms with Crippen LogP contribution >= 0.6 is 0 Å². The Hall–Kier alpha value is -0.900. The molecule has 1 aromatic rings. The second kappa shape index (κ2) is 7.04. The summed E-state index contributed by atoms with van der Waals surface area (Å²) in [5.74, 6) is 3.39. The van der Waals surface area contributed by atoms with Gasteiger partial charge in [0.1, 0.15) is 12.2 Å². The van der Waals surface area contributed by atoms with E-state index in [1.807, 2.05) is 0 Å². The van der Waals surface area contributed by atoms with Crippen LogP contribution in [0.5, 0.6) is 0 Å². The van der Waals surface area contributed by atoms with Crippen molar-refractivity contribution in [3.05, 3.63) is 12.2 Å². The van der Waals surface area contributed by atoms with Crippen molar-refractivity contribution in [1.82, 2.24) is 20.1 Å². The average Bonchev–Trinajstić information content (AvgIpc) is 2.79. The van der Waals surface area contributed by atoms with E-state index in [0.717, 1.165) is 31.3 Å². The van der Waals surface area contributed by atoms with Crippen LogP contribution < -0.4 is 5.32 Å². The molecule has 0 bridgehead atoms. The number of rotatable bonds is 6. The lowest BCUT2D eigenvalue weighted by Crippen LogP contribution is -2.30. The van der Waals surface area contributed by atoms with Crippen LogP contribution in [0.2, 0.25) is 0 Å². The molecule has 0 amide bonds. The van der Waals surface area contributed by atoms with Gasteiger partial charge in [0.25, 0.3) is 0 Å². The number of aromatic nitrogens is 3. The maximum Gasteiger partial charge on any atom is 0.138 e. The Kier molecular flexibility index (Phi) is 5.37. The van der Waals surface area contributed by atoms with Gasteiger partial charge in [0.15, 0.2) is 0 Å². The van der Waals surface area contributed by atoms with Gasteiger partial charge in [-0.25, -0.2) is 9.67 Å². The lowest BCUT2D eigenvalue weighted by atomic mass is 9.77. The minimum absolute atomic E-state index is 0.625. The highest BCUT2D eigenvalue weighted by atomic mass is 15.3. The molecule has 1 aliphatic rings. The molecule has 0 aromatic carbocycles. The van der Waals surface area contributed by atoms with Gasteiger partial charge in [-0.05, 0) is 44.2 Å². The number of hydrogen-bond donors (Lipinski definition) is 1. The van der Waals surface area contributed by atoms with Gasteiger partial charge in [-0.1, -0.05) is 26.7 Å². The smallest absolute Gasteiger partial charge is 0.138 e. The first-order chi connectivity index (χ1) is 9.20. The minimum atomic E-state index is 0.625. The van der Waals surface area contributed by atoms with Gasteiger partial charge in [0.2, 0.25) is 0 Å². The topological polar surface area (TPSA) is 42.7 Å². The lowest BCUT2D eigenvalue weighted by Gasteiger charge is -2.31. The standard InChI is InChI=1S/C15H28N4/c1-12(2)10-19-15(17-11-18-19)8-13-6-4-5-7-14(13)9-16-3/h11-14,16H,4-10H2,1-3H3. The van der Waals surface area contributed by atoms with Crippen molar-refractivity contribution in [2.45, 2.75) is 52.5 Å². The van der Waals surface area contributed by atoms with E-state index in [4.69, 9.17) is 0 Å². The van der Waals surface area contributed by atoms with Gasteiger partial charge in [0.05, 0.1) is 0 Å². The zero-order valence-corrected chi connectivity index (χ0v) is 12.6. The van der Waals surface area contributed by atoms with Crippen molar-refractivity contribution < 1.29 is 0 Å². The van der Waals surface area contributed by atoms with E-state index in [1.54, 1.807) is 6.33 Å². The Labute approximate surface area is 117 Å².